The maximum Gasteiger partial charge on any atom is 0.308 e. The predicted octanol–water partition coefficient (Wildman–Crippen LogP) is 1.10. The molecule has 0 N–H and O–H groups in total. The van der Waals surface area contributed by atoms with Crippen LogP contribution in [0.5, 0.6) is 0 Å². The number of allylic oxidation sites excluding steroid dienone is 3. The van der Waals surface area contributed by atoms with Gasteiger partial charge in [0.05, 0.1) is 0 Å². The molecule has 0 bridgehead atoms. The highest BCUT2D eigenvalue weighted by atomic mass is 35.5. The zero-order chi connectivity index (χ0) is 10.7. The molecule has 4 nitrogen and oxygen atoms in total. The molecule has 0 unspecified atom stereocenters. The van der Waals surface area contributed by atoms with E-state index in [2.05, 4.69) is 4.74 Å². The summed E-state index contributed by atoms with van der Waals surface area (Å²) in [5, 5.41) is -0.670. The fraction of sp³-hybridized carbons (Fsp3) is 0.222. The normalized spacial score (nSPS) is 15.7. The fourth-order valence-electron chi connectivity index (χ4n) is 0.975. The van der Waals surface area contributed by atoms with Crippen LogP contribution in [-0.2, 0) is 19.1 Å². The number of esters is 1. The van der Waals surface area contributed by atoms with Crippen LogP contribution in [0.4, 0.5) is 0 Å². The molecule has 0 aromatic rings. The average Bonchev–Trinajstić information content (AvgIpc) is 2.07. The molecule has 0 spiro atoms. The monoisotopic (exact) mass is 214 g/mol. The van der Waals surface area contributed by atoms with Gasteiger partial charge in [0.2, 0.25) is 11.0 Å². The highest BCUT2D eigenvalue weighted by Gasteiger charge is 2.19. The number of carbonyl (C=O) groups is 3. The van der Waals surface area contributed by atoms with E-state index in [1.54, 1.807) is 0 Å². The molecule has 74 valence electrons. The van der Waals surface area contributed by atoms with E-state index in [1.165, 1.54) is 13.0 Å². The first-order chi connectivity index (χ1) is 6.50. The van der Waals surface area contributed by atoms with Gasteiger partial charge in [0.25, 0.3) is 0 Å². The van der Waals surface area contributed by atoms with Crippen molar-refractivity contribution in [1.82, 2.24) is 0 Å². The fourth-order valence-corrected chi connectivity index (χ4v) is 1.11. The summed E-state index contributed by atoms with van der Waals surface area (Å²) >= 11 is 5.18. The van der Waals surface area contributed by atoms with Crippen molar-refractivity contribution in [2.45, 2.75) is 13.3 Å². The maximum atomic E-state index is 11.2. The summed E-state index contributed by atoms with van der Waals surface area (Å²) in [4.78, 5) is 32.4. The maximum absolute atomic E-state index is 11.2. The lowest BCUT2D eigenvalue weighted by molar-refractivity contribution is -0.139. The Labute approximate surface area is 85.2 Å². The average molecular weight is 215 g/mol. The van der Waals surface area contributed by atoms with Crippen molar-refractivity contribution in [3.63, 3.8) is 0 Å². The van der Waals surface area contributed by atoms with Crippen molar-refractivity contribution < 1.29 is 19.1 Å². The Kier molecular flexibility index (Phi) is 3.19. The summed E-state index contributed by atoms with van der Waals surface area (Å²) in [6.07, 6.45) is 2.64. The van der Waals surface area contributed by atoms with Gasteiger partial charge in [-0.1, -0.05) is 0 Å². The van der Waals surface area contributed by atoms with Crippen LogP contribution in [0, 0.1) is 0 Å². The minimum Gasteiger partial charge on any atom is -0.423 e. The number of ether oxygens (including phenoxy) is 1. The van der Waals surface area contributed by atoms with Gasteiger partial charge >= 0.3 is 5.97 Å². The second kappa shape index (κ2) is 4.19. The topological polar surface area (TPSA) is 60.4 Å². The Morgan fingerprint density at radius 1 is 1.50 bits per heavy atom. The molecule has 0 heterocycles. The highest BCUT2D eigenvalue weighted by Crippen LogP contribution is 2.17. The Balaban J connectivity index is 2.77. The molecule has 0 saturated heterocycles. The van der Waals surface area contributed by atoms with Crippen molar-refractivity contribution in [2.75, 3.05) is 0 Å². The van der Waals surface area contributed by atoms with Crippen molar-refractivity contribution in [3.8, 4) is 0 Å². The number of hydrogen-bond acceptors (Lipinski definition) is 4. The van der Waals surface area contributed by atoms with Gasteiger partial charge in [0, 0.05) is 12.5 Å². The van der Waals surface area contributed by atoms with Crippen LogP contribution >= 0.6 is 11.6 Å². The van der Waals surface area contributed by atoms with E-state index in [0.717, 1.165) is 6.08 Å². The molecule has 1 aliphatic rings. The predicted molar refractivity (Wildman–Crippen MR) is 48.4 cm³/mol. The smallest absolute Gasteiger partial charge is 0.308 e. The van der Waals surface area contributed by atoms with Crippen LogP contribution in [-0.4, -0.2) is 17.0 Å². The Morgan fingerprint density at radius 3 is 2.57 bits per heavy atom. The molecule has 5 heteroatoms. The molecular weight excluding hydrogens is 208 g/mol. The molecule has 0 saturated carbocycles. The molecule has 0 fully saturated rings. The zero-order valence-electron chi connectivity index (χ0n) is 7.37. The van der Waals surface area contributed by atoms with Crippen molar-refractivity contribution >= 4 is 28.6 Å². The van der Waals surface area contributed by atoms with Gasteiger partial charge in [0.1, 0.15) is 0 Å². The largest absolute Gasteiger partial charge is 0.423 e. The van der Waals surface area contributed by atoms with Gasteiger partial charge in [0.15, 0.2) is 5.76 Å². The molecule has 0 atom stereocenters. The van der Waals surface area contributed by atoms with E-state index in [-0.39, 0.29) is 17.8 Å². The quantitative estimate of drug-likeness (QED) is 0.510. The number of ketones is 1. The first kappa shape index (κ1) is 10.7. The van der Waals surface area contributed by atoms with Crippen LogP contribution in [0.1, 0.15) is 13.3 Å². The van der Waals surface area contributed by atoms with Crippen LogP contribution in [0.15, 0.2) is 23.5 Å². The van der Waals surface area contributed by atoms with E-state index in [4.69, 9.17) is 11.6 Å². The second-order valence-corrected chi connectivity index (χ2v) is 3.02. The summed E-state index contributed by atoms with van der Waals surface area (Å²) in [5.41, 5.74) is 0.201. The van der Waals surface area contributed by atoms with Gasteiger partial charge in [-0.05, 0) is 30.2 Å². The first-order valence-electron chi connectivity index (χ1n) is 3.84. The summed E-state index contributed by atoms with van der Waals surface area (Å²) in [5.74, 6) is -1.15. The van der Waals surface area contributed by atoms with Crippen LogP contribution in [0.25, 0.3) is 0 Å². The zero-order valence-corrected chi connectivity index (χ0v) is 8.13. The number of hydrogen-bond donors (Lipinski definition) is 0. The van der Waals surface area contributed by atoms with Gasteiger partial charge in [-0.3, -0.25) is 14.4 Å². The SMILES string of the molecule is CC(=O)OC1=CCC(C(=O)Cl)=CC1=O. The van der Waals surface area contributed by atoms with Crippen molar-refractivity contribution in [2.24, 2.45) is 0 Å². The van der Waals surface area contributed by atoms with Gasteiger partial charge in [-0.15, -0.1) is 0 Å². The van der Waals surface area contributed by atoms with E-state index < -0.39 is 17.0 Å². The standard InChI is InChI=1S/C9H7ClO4/c1-5(11)14-8-3-2-6(9(10)13)4-7(8)12/h3-4H,2H2,1H3. The van der Waals surface area contributed by atoms with E-state index in [1.807, 2.05) is 0 Å². The molecular formula is C9H7ClO4. The molecule has 0 amide bonds. The molecule has 1 aliphatic carbocycles. The van der Waals surface area contributed by atoms with Crippen LogP contribution in [0.2, 0.25) is 0 Å². The molecule has 0 aromatic heterocycles. The lowest BCUT2D eigenvalue weighted by Gasteiger charge is -2.09. The lowest BCUT2D eigenvalue weighted by Crippen LogP contribution is -2.12. The first-order valence-corrected chi connectivity index (χ1v) is 4.22. The number of carbonyl (C=O) groups excluding carboxylic acids is 3. The Morgan fingerprint density at radius 2 is 2.14 bits per heavy atom. The number of halogens is 1. The van der Waals surface area contributed by atoms with E-state index in [0.29, 0.717) is 0 Å². The van der Waals surface area contributed by atoms with Gasteiger partial charge in [-0.25, -0.2) is 0 Å². The van der Waals surface area contributed by atoms with Crippen molar-refractivity contribution in [1.29, 1.82) is 0 Å². The second-order valence-electron chi connectivity index (χ2n) is 2.67. The minimum atomic E-state index is -0.670. The molecule has 0 aromatic carbocycles. The summed E-state index contributed by atoms with van der Waals surface area (Å²) in [7, 11) is 0. The van der Waals surface area contributed by atoms with Crippen LogP contribution in [0.3, 0.4) is 0 Å². The summed E-state index contributed by atoms with van der Waals surface area (Å²) < 4.78 is 4.61. The van der Waals surface area contributed by atoms with Crippen molar-refractivity contribution in [3.05, 3.63) is 23.5 Å². The molecule has 0 aliphatic heterocycles. The Hall–Kier alpha value is -1.42. The van der Waals surface area contributed by atoms with Gasteiger partial charge < -0.3 is 4.74 Å². The van der Waals surface area contributed by atoms with E-state index >= 15 is 0 Å². The van der Waals surface area contributed by atoms with E-state index in [9.17, 15) is 14.4 Å². The third kappa shape index (κ3) is 2.53. The molecule has 0 radical (unpaired) electrons. The van der Waals surface area contributed by atoms with Gasteiger partial charge in [-0.2, -0.15) is 0 Å². The molecule has 1 rings (SSSR count). The third-order valence-electron chi connectivity index (χ3n) is 1.56. The summed E-state index contributed by atoms with van der Waals surface area (Å²) in [6.45, 7) is 1.19. The number of rotatable bonds is 2. The third-order valence-corrected chi connectivity index (χ3v) is 1.80. The Bertz CT molecular complexity index is 365. The lowest BCUT2D eigenvalue weighted by atomic mass is 10.1. The summed E-state index contributed by atoms with van der Waals surface area (Å²) in [6, 6.07) is 0. The van der Waals surface area contributed by atoms with Crippen LogP contribution < -0.4 is 0 Å². The molecule has 14 heavy (non-hydrogen) atoms. The highest BCUT2D eigenvalue weighted by molar-refractivity contribution is 6.68. The minimum absolute atomic E-state index is 0.0563.